The molecule has 2 aromatic rings. The second kappa shape index (κ2) is 4.74. The van der Waals surface area contributed by atoms with Gasteiger partial charge >= 0.3 is 0 Å². The molecule has 3 rings (SSSR count). The van der Waals surface area contributed by atoms with Gasteiger partial charge in [0, 0.05) is 25.6 Å². The number of aromatic nitrogens is 3. The highest BCUT2D eigenvalue weighted by Gasteiger charge is 2.42. The van der Waals surface area contributed by atoms with Crippen LogP contribution in [0.25, 0.3) is 0 Å². The normalized spacial score (nSPS) is 16.8. The lowest BCUT2D eigenvalue weighted by molar-refractivity contribution is -0.137. The highest BCUT2D eigenvalue weighted by Crippen LogP contribution is 2.34. The molecule has 20 heavy (non-hydrogen) atoms. The van der Waals surface area contributed by atoms with Gasteiger partial charge in [0.05, 0.1) is 18.3 Å². The Balaban J connectivity index is 1.63. The van der Waals surface area contributed by atoms with Crippen LogP contribution in [0.15, 0.2) is 36.5 Å². The van der Waals surface area contributed by atoms with E-state index in [9.17, 15) is 4.79 Å². The first-order valence-corrected chi connectivity index (χ1v) is 6.75. The first kappa shape index (κ1) is 12.8. The first-order chi connectivity index (χ1) is 9.58. The van der Waals surface area contributed by atoms with Gasteiger partial charge in [0.25, 0.3) is 0 Å². The molecule has 1 saturated heterocycles. The number of amides is 1. The minimum Gasteiger partial charge on any atom is -0.340 e. The Morgan fingerprint density at radius 1 is 1.30 bits per heavy atom. The third-order valence-corrected chi connectivity index (χ3v) is 4.04. The van der Waals surface area contributed by atoms with Crippen LogP contribution < -0.4 is 0 Å². The summed E-state index contributed by atoms with van der Waals surface area (Å²) in [5.41, 5.74) is 2.23. The average Bonchev–Trinajstić information content (AvgIpc) is 2.81. The van der Waals surface area contributed by atoms with Gasteiger partial charge in [-0.1, -0.05) is 42.5 Å². The number of carbonyl (C=O) groups excluding carboxylic acids is 1. The number of hydrogen-bond acceptors (Lipinski definition) is 3. The molecule has 1 aromatic heterocycles. The van der Waals surface area contributed by atoms with Crippen LogP contribution in [0, 0.1) is 0 Å². The fourth-order valence-electron chi connectivity index (χ4n) is 2.73. The molecule has 0 unspecified atom stereocenters. The molecule has 1 aliphatic heterocycles. The number of nitrogens with zero attached hydrogens (tertiary/aromatic N) is 4. The van der Waals surface area contributed by atoms with Crippen LogP contribution in [0.3, 0.4) is 0 Å². The van der Waals surface area contributed by atoms with Crippen molar-refractivity contribution in [1.82, 2.24) is 19.9 Å². The summed E-state index contributed by atoms with van der Waals surface area (Å²) in [4.78, 5) is 14.1. The molecule has 5 nitrogen and oxygen atoms in total. The smallest absolute Gasteiger partial charge is 0.228 e. The first-order valence-electron chi connectivity index (χ1n) is 6.75. The molecular weight excluding hydrogens is 252 g/mol. The number of benzene rings is 1. The van der Waals surface area contributed by atoms with Crippen molar-refractivity contribution in [2.75, 3.05) is 13.1 Å². The van der Waals surface area contributed by atoms with Crippen molar-refractivity contribution in [2.24, 2.45) is 7.05 Å². The predicted octanol–water partition coefficient (Wildman–Crippen LogP) is 1.16. The van der Waals surface area contributed by atoms with Crippen molar-refractivity contribution in [3.63, 3.8) is 0 Å². The van der Waals surface area contributed by atoms with Crippen molar-refractivity contribution in [3.05, 3.63) is 47.8 Å². The van der Waals surface area contributed by atoms with Gasteiger partial charge in [-0.2, -0.15) is 0 Å². The highest BCUT2D eigenvalue weighted by atomic mass is 16.2. The number of hydrogen-bond donors (Lipinski definition) is 0. The molecular formula is C15H18N4O. The Bertz CT molecular complexity index is 614. The fourth-order valence-corrected chi connectivity index (χ4v) is 2.73. The molecule has 1 aliphatic rings. The van der Waals surface area contributed by atoms with Crippen molar-refractivity contribution < 1.29 is 4.79 Å². The van der Waals surface area contributed by atoms with Crippen LogP contribution in [0.2, 0.25) is 0 Å². The Morgan fingerprint density at radius 3 is 2.60 bits per heavy atom. The van der Waals surface area contributed by atoms with Crippen LogP contribution in [0.5, 0.6) is 0 Å². The number of likely N-dealkylation sites (tertiary alicyclic amines) is 1. The molecule has 0 atom stereocenters. The monoisotopic (exact) mass is 270 g/mol. The van der Waals surface area contributed by atoms with E-state index in [0.717, 1.165) is 18.8 Å². The summed E-state index contributed by atoms with van der Waals surface area (Å²) in [6.07, 6.45) is 2.02. The number of carbonyl (C=O) groups is 1. The van der Waals surface area contributed by atoms with E-state index in [4.69, 9.17) is 0 Å². The highest BCUT2D eigenvalue weighted by molar-refractivity contribution is 5.79. The lowest BCUT2D eigenvalue weighted by atomic mass is 9.75. The summed E-state index contributed by atoms with van der Waals surface area (Å²) in [6, 6.07) is 10.4. The number of rotatable bonds is 3. The molecule has 1 fully saturated rings. The molecule has 0 N–H and O–H groups in total. The van der Waals surface area contributed by atoms with E-state index >= 15 is 0 Å². The zero-order chi connectivity index (χ0) is 14.2. The van der Waals surface area contributed by atoms with Gasteiger partial charge in [0.15, 0.2) is 0 Å². The Kier molecular flexibility index (Phi) is 3.04. The molecule has 0 aliphatic carbocycles. The van der Waals surface area contributed by atoms with Crippen LogP contribution >= 0.6 is 0 Å². The molecule has 1 aromatic carbocycles. The van der Waals surface area contributed by atoms with Crippen molar-refractivity contribution >= 4 is 5.91 Å². The van der Waals surface area contributed by atoms with E-state index in [1.807, 2.05) is 23.1 Å². The summed E-state index contributed by atoms with van der Waals surface area (Å²) in [6.45, 7) is 3.76. The van der Waals surface area contributed by atoms with Crippen LogP contribution in [-0.4, -0.2) is 38.9 Å². The van der Waals surface area contributed by atoms with Gasteiger partial charge in [-0.25, -0.2) is 0 Å². The van der Waals surface area contributed by atoms with Crippen LogP contribution in [-0.2, 0) is 23.7 Å². The number of aryl methyl sites for hydroxylation is 1. The molecule has 104 valence electrons. The molecule has 0 radical (unpaired) electrons. The van der Waals surface area contributed by atoms with Gasteiger partial charge in [-0.3, -0.25) is 9.48 Å². The lowest BCUT2D eigenvalue weighted by Crippen LogP contribution is -2.60. The van der Waals surface area contributed by atoms with Gasteiger partial charge in [-0.05, 0) is 5.56 Å². The molecule has 1 amide bonds. The van der Waals surface area contributed by atoms with Crippen LogP contribution in [0.1, 0.15) is 18.2 Å². The third-order valence-electron chi connectivity index (χ3n) is 4.04. The SMILES string of the molecule is Cn1nncc1CC(=O)N1CC(C)(c2ccccc2)C1. The minimum atomic E-state index is 0.0849. The van der Waals surface area contributed by atoms with E-state index < -0.39 is 0 Å². The quantitative estimate of drug-likeness (QED) is 0.841. The average molecular weight is 270 g/mol. The van der Waals surface area contributed by atoms with E-state index in [2.05, 4.69) is 29.4 Å². The Labute approximate surface area is 118 Å². The third kappa shape index (κ3) is 2.19. The molecule has 0 spiro atoms. The zero-order valence-electron chi connectivity index (χ0n) is 11.8. The summed E-state index contributed by atoms with van der Waals surface area (Å²) in [5.74, 6) is 0.142. The molecule has 5 heteroatoms. The zero-order valence-corrected chi connectivity index (χ0v) is 11.8. The van der Waals surface area contributed by atoms with E-state index in [0.29, 0.717) is 6.42 Å². The van der Waals surface area contributed by atoms with Gasteiger partial charge in [0.1, 0.15) is 0 Å². The summed E-state index contributed by atoms with van der Waals surface area (Å²) in [7, 11) is 1.81. The van der Waals surface area contributed by atoms with Crippen molar-refractivity contribution in [2.45, 2.75) is 18.8 Å². The fraction of sp³-hybridized carbons (Fsp3) is 0.400. The standard InChI is InChI=1S/C15H18N4O/c1-15(12-6-4-3-5-7-12)10-19(11-15)14(20)8-13-9-16-17-18(13)2/h3-7,9H,8,10-11H2,1-2H3. The van der Waals surface area contributed by atoms with Gasteiger partial charge < -0.3 is 4.90 Å². The van der Waals surface area contributed by atoms with E-state index in [1.165, 1.54) is 5.56 Å². The summed E-state index contributed by atoms with van der Waals surface area (Å²) >= 11 is 0. The molecule has 0 bridgehead atoms. The van der Waals surface area contributed by atoms with Gasteiger partial charge in [-0.15, -0.1) is 5.10 Å². The Hall–Kier alpha value is -2.17. The Morgan fingerprint density at radius 2 is 2.00 bits per heavy atom. The second-order valence-corrected chi connectivity index (χ2v) is 5.70. The topological polar surface area (TPSA) is 51.0 Å². The molecule has 2 heterocycles. The minimum absolute atomic E-state index is 0.0849. The lowest BCUT2D eigenvalue weighted by Gasteiger charge is -2.48. The van der Waals surface area contributed by atoms with Crippen LogP contribution in [0.4, 0.5) is 0 Å². The molecule has 0 saturated carbocycles. The van der Waals surface area contributed by atoms with Crippen molar-refractivity contribution in [3.8, 4) is 0 Å². The van der Waals surface area contributed by atoms with E-state index in [1.54, 1.807) is 17.9 Å². The predicted molar refractivity (Wildman–Crippen MR) is 75.1 cm³/mol. The maximum Gasteiger partial charge on any atom is 0.228 e. The van der Waals surface area contributed by atoms with E-state index in [-0.39, 0.29) is 11.3 Å². The summed E-state index contributed by atoms with van der Waals surface area (Å²) < 4.78 is 1.65. The maximum absolute atomic E-state index is 12.2. The largest absolute Gasteiger partial charge is 0.340 e. The van der Waals surface area contributed by atoms with Gasteiger partial charge in [0.2, 0.25) is 5.91 Å². The van der Waals surface area contributed by atoms with Crippen molar-refractivity contribution in [1.29, 1.82) is 0 Å². The summed E-state index contributed by atoms with van der Waals surface area (Å²) in [5, 5.41) is 7.64. The maximum atomic E-state index is 12.2. The second-order valence-electron chi connectivity index (χ2n) is 5.70.